The van der Waals surface area contributed by atoms with Crippen LogP contribution in [-0.2, 0) is 9.59 Å². The summed E-state index contributed by atoms with van der Waals surface area (Å²) in [4.78, 5) is 28.0. The number of nitrogens with one attached hydrogen (secondary N) is 1. The van der Waals surface area contributed by atoms with E-state index in [1.54, 1.807) is 11.4 Å². The number of para-hydroxylation sites is 2. The van der Waals surface area contributed by atoms with Gasteiger partial charge < -0.3 is 9.73 Å². The smallest absolute Gasteiger partial charge is 0.278 e. The van der Waals surface area contributed by atoms with Gasteiger partial charge in [0.2, 0.25) is 11.8 Å². The highest BCUT2D eigenvalue weighted by atomic mass is 32.2. The van der Waals surface area contributed by atoms with Gasteiger partial charge in [-0.1, -0.05) is 25.5 Å². The molecule has 6 nitrogen and oxygen atoms in total. The maximum absolute atomic E-state index is 12.3. The number of unbranched alkanes of at least 4 members (excludes halogenated alkanes) is 1. The van der Waals surface area contributed by atoms with Crippen LogP contribution >= 0.6 is 11.9 Å². The molecule has 1 aromatic heterocycles. The van der Waals surface area contributed by atoms with Gasteiger partial charge in [0.1, 0.15) is 5.52 Å². The average molecular weight is 335 g/mol. The van der Waals surface area contributed by atoms with Crippen molar-refractivity contribution in [3.63, 3.8) is 0 Å². The van der Waals surface area contributed by atoms with E-state index in [2.05, 4.69) is 17.2 Å². The Balaban J connectivity index is 2.04. The molecular weight excluding hydrogens is 314 g/mol. The Bertz CT molecular complexity index is 638. The summed E-state index contributed by atoms with van der Waals surface area (Å²) in [6.07, 6.45) is 2.23. The fourth-order valence-corrected chi connectivity index (χ4v) is 2.85. The zero-order chi connectivity index (χ0) is 16.7. The van der Waals surface area contributed by atoms with Crippen molar-refractivity contribution in [2.75, 3.05) is 13.6 Å². The van der Waals surface area contributed by atoms with Gasteiger partial charge in [0.25, 0.3) is 5.22 Å². The van der Waals surface area contributed by atoms with Crippen LogP contribution in [0.2, 0.25) is 0 Å². The quantitative estimate of drug-likeness (QED) is 0.751. The predicted molar refractivity (Wildman–Crippen MR) is 89.8 cm³/mol. The molecule has 1 N–H and O–H groups in total. The zero-order valence-electron chi connectivity index (χ0n) is 13.4. The van der Waals surface area contributed by atoms with Gasteiger partial charge in [0, 0.05) is 26.4 Å². The summed E-state index contributed by atoms with van der Waals surface area (Å²) in [5.41, 5.74) is 1.46. The summed E-state index contributed by atoms with van der Waals surface area (Å²) in [6.45, 7) is 2.67. The van der Waals surface area contributed by atoms with Crippen LogP contribution in [0.5, 0.6) is 0 Å². The molecule has 23 heavy (non-hydrogen) atoms. The fourth-order valence-electron chi connectivity index (χ4n) is 1.98. The lowest BCUT2D eigenvalue weighted by Crippen LogP contribution is -2.27. The molecule has 7 heteroatoms. The van der Waals surface area contributed by atoms with Crippen molar-refractivity contribution in [2.45, 2.75) is 37.8 Å². The minimum absolute atomic E-state index is 0.0886. The van der Waals surface area contributed by atoms with Gasteiger partial charge in [0.15, 0.2) is 5.58 Å². The van der Waals surface area contributed by atoms with Crippen molar-refractivity contribution in [1.29, 1.82) is 0 Å². The maximum atomic E-state index is 12.3. The minimum atomic E-state index is -0.138. The molecule has 2 aromatic rings. The summed E-state index contributed by atoms with van der Waals surface area (Å²) >= 11 is 1.20. The molecule has 0 radical (unpaired) electrons. The van der Waals surface area contributed by atoms with Crippen molar-refractivity contribution < 1.29 is 14.0 Å². The van der Waals surface area contributed by atoms with Crippen molar-refractivity contribution in [3.8, 4) is 0 Å². The van der Waals surface area contributed by atoms with Crippen LogP contribution in [0.1, 0.15) is 32.6 Å². The molecule has 1 aromatic carbocycles. The number of aromatic nitrogens is 1. The van der Waals surface area contributed by atoms with Gasteiger partial charge in [-0.15, -0.1) is 0 Å². The molecule has 0 saturated heterocycles. The number of benzene rings is 1. The van der Waals surface area contributed by atoms with Crippen LogP contribution in [0.25, 0.3) is 11.1 Å². The van der Waals surface area contributed by atoms with Gasteiger partial charge in [-0.2, -0.15) is 0 Å². The molecule has 0 bridgehead atoms. The topological polar surface area (TPSA) is 75.4 Å². The second kappa shape index (κ2) is 8.57. The predicted octanol–water partition coefficient (Wildman–Crippen LogP) is 2.99. The molecule has 0 atom stereocenters. The number of fused-ring (bicyclic) bond motifs is 1. The van der Waals surface area contributed by atoms with Crippen molar-refractivity contribution in [3.05, 3.63) is 24.3 Å². The van der Waals surface area contributed by atoms with Crippen LogP contribution in [0.15, 0.2) is 33.9 Å². The molecular formula is C16H21N3O3S. The minimum Gasteiger partial charge on any atom is -0.430 e. The molecule has 2 rings (SSSR count). The third-order valence-corrected chi connectivity index (χ3v) is 4.24. The Hall–Kier alpha value is -2.02. The number of carbonyl (C=O) groups is 2. The third kappa shape index (κ3) is 4.99. The monoisotopic (exact) mass is 335 g/mol. The molecule has 124 valence electrons. The first-order valence-electron chi connectivity index (χ1n) is 7.68. The largest absolute Gasteiger partial charge is 0.430 e. The van der Waals surface area contributed by atoms with E-state index in [-0.39, 0.29) is 24.7 Å². The molecule has 0 fully saturated rings. The molecule has 0 saturated carbocycles. The summed E-state index contributed by atoms with van der Waals surface area (Å²) < 4.78 is 7.29. The Morgan fingerprint density at radius 1 is 1.30 bits per heavy atom. The second-order valence-corrected chi connectivity index (χ2v) is 6.03. The Labute approximate surface area is 139 Å². The SMILES string of the molecule is CCCCN(Sc1nc2ccccc2o1)C(=O)CCC(=O)NC. The zero-order valence-corrected chi connectivity index (χ0v) is 14.2. The maximum Gasteiger partial charge on any atom is 0.278 e. The van der Waals surface area contributed by atoms with Crippen molar-refractivity contribution in [2.24, 2.45) is 0 Å². The Morgan fingerprint density at radius 2 is 2.09 bits per heavy atom. The van der Waals surface area contributed by atoms with E-state index in [1.807, 2.05) is 24.3 Å². The first-order chi connectivity index (χ1) is 11.1. The number of rotatable bonds is 8. The number of amides is 2. The lowest BCUT2D eigenvalue weighted by Gasteiger charge is -2.19. The van der Waals surface area contributed by atoms with E-state index < -0.39 is 0 Å². The fraction of sp³-hybridized carbons (Fsp3) is 0.438. The van der Waals surface area contributed by atoms with Crippen LogP contribution in [0, 0.1) is 0 Å². The van der Waals surface area contributed by atoms with E-state index in [9.17, 15) is 9.59 Å². The summed E-state index contributed by atoms with van der Waals surface area (Å²) in [5, 5.41) is 2.96. The molecule has 2 amide bonds. The standard InChI is InChI=1S/C16H21N3O3S/c1-3-4-11-19(15(21)10-9-14(20)17-2)23-16-18-12-7-5-6-8-13(12)22-16/h5-8H,3-4,9-11H2,1-2H3,(H,17,20). The molecule has 0 aliphatic rings. The summed E-state index contributed by atoms with van der Waals surface area (Å²) in [7, 11) is 1.56. The molecule has 1 heterocycles. The Morgan fingerprint density at radius 3 is 2.78 bits per heavy atom. The van der Waals surface area contributed by atoms with E-state index in [4.69, 9.17) is 4.42 Å². The molecule has 0 aliphatic heterocycles. The number of oxazole rings is 1. The highest BCUT2D eigenvalue weighted by Gasteiger charge is 2.19. The highest BCUT2D eigenvalue weighted by molar-refractivity contribution is 7.97. The lowest BCUT2D eigenvalue weighted by atomic mass is 10.2. The van der Waals surface area contributed by atoms with E-state index >= 15 is 0 Å². The molecule has 0 spiro atoms. The van der Waals surface area contributed by atoms with Crippen LogP contribution in [0.4, 0.5) is 0 Å². The van der Waals surface area contributed by atoms with Gasteiger partial charge >= 0.3 is 0 Å². The van der Waals surface area contributed by atoms with Crippen LogP contribution in [-0.4, -0.2) is 34.7 Å². The number of hydrogen-bond donors (Lipinski definition) is 1. The van der Waals surface area contributed by atoms with Crippen LogP contribution < -0.4 is 5.32 Å². The second-order valence-electron chi connectivity index (χ2n) is 5.06. The first kappa shape index (κ1) is 17.3. The number of hydrogen-bond acceptors (Lipinski definition) is 5. The summed E-state index contributed by atoms with van der Waals surface area (Å²) in [6, 6.07) is 7.48. The average Bonchev–Trinajstić information content (AvgIpc) is 2.98. The van der Waals surface area contributed by atoms with Gasteiger partial charge in [-0.05, 0) is 18.6 Å². The van der Waals surface area contributed by atoms with Crippen molar-refractivity contribution in [1.82, 2.24) is 14.6 Å². The van der Waals surface area contributed by atoms with Gasteiger partial charge in [-0.3, -0.25) is 13.9 Å². The molecule has 0 aliphatic carbocycles. The van der Waals surface area contributed by atoms with Gasteiger partial charge in [-0.25, -0.2) is 4.98 Å². The lowest BCUT2D eigenvalue weighted by molar-refractivity contribution is -0.129. The number of carbonyl (C=O) groups excluding carboxylic acids is 2. The van der Waals surface area contributed by atoms with Crippen LogP contribution in [0.3, 0.4) is 0 Å². The van der Waals surface area contributed by atoms with E-state index in [0.29, 0.717) is 17.4 Å². The van der Waals surface area contributed by atoms with E-state index in [0.717, 1.165) is 18.4 Å². The Kier molecular flexibility index (Phi) is 6.46. The van der Waals surface area contributed by atoms with E-state index in [1.165, 1.54) is 11.9 Å². The van der Waals surface area contributed by atoms with Gasteiger partial charge in [0.05, 0.1) is 11.9 Å². The third-order valence-electron chi connectivity index (χ3n) is 3.30. The normalized spacial score (nSPS) is 10.7. The highest BCUT2D eigenvalue weighted by Crippen LogP contribution is 2.27. The molecule has 0 unspecified atom stereocenters. The number of nitrogens with zero attached hydrogens (tertiary/aromatic N) is 2. The first-order valence-corrected chi connectivity index (χ1v) is 8.46. The summed E-state index contributed by atoms with van der Waals surface area (Å²) in [5.74, 6) is -0.227. The van der Waals surface area contributed by atoms with Crippen molar-refractivity contribution >= 4 is 34.9 Å².